The third kappa shape index (κ3) is 3.56. The number of carbonyl (C=O) groups excluding carboxylic acids is 3. The molecular weight excluding hydrogens is 400 g/mol. The van der Waals surface area contributed by atoms with Gasteiger partial charge in [0.1, 0.15) is 24.2 Å². The molecule has 162 valence electrons. The first kappa shape index (κ1) is 21.0. The van der Waals surface area contributed by atoms with Gasteiger partial charge in [0.05, 0.1) is 40.4 Å². The number of allylic oxidation sites excluding steroid dienone is 6. The van der Waals surface area contributed by atoms with Gasteiger partial charge < -0.3 is 14.9 Å². The maximum absolute atomic E-state index is 13.0. The third-order valence-corrected chi connectivity index (χ3v) is 6.18. The zero-order chi connectivity index (χ0) is 22.4. The first-order valence-corrected chi connectivity index (χ1v) is 10.3. The number of carbonyl (C=O) groups is 3. The van der Waals surface area contributed by atoms with Crippen LogP contribution in [0.25, 0.3) is 0 Å². The number of hydrogen-bond donors (Lipinski definition) is 2. The predicted molar refractivity (Wildman–Crippen MR) is 113 cm³/mol. The standard InChI is InChI=1S/C23H24N2O6/c1-10-11(2)25-16(12(3)24-10)9-31-23(30)13-7-15-20(18(27)8-13)22(29)19-14(21(15)28)5-4-6-17(19)26/h5,7-8,12,15-16,20,26-27H,4,6,9H2,1-3H3. The largest absolute Gasteiger partial charge is 0.512 e. The van der Waals surface area contributed by atoms with E-state index in [9.17, 15) is 24.6 Å². The first-order valence-electron chi connectivity index (χ1n) is 10.3. The molecule has 0 bridgehead atoms. The van der Waals surface area contributed by atoms with E-state index >= 15 is 0 Å². The molecule has 0 amide bonds. The summed E-state index contributed by atoms with van der Waals surface area (Å²) in [5.41, 5.74) is 1.78. The van der Waals surface area contributed by atoms with E-state index in [1.165, 1.54) is 6.08 Å². The van der Waals surface area contributed by atoms with Gasteiger partial charge in [-0.25, -0.2) is 4.79 Å². The van der Waals surface area contributed by atoms with Crippen molar-refractivity contribution in [3.05, 3.63) is 46.5 Å². The van der Waals surface area contributed by atoms with Gasteiger partial charge in [0.2, 0.25) is 0 Å². The highest BCUT2D eigenvalue weighted by Crippen LogP contribution is 2.42. The second-order valence-electron chi connectivity index (χ2n) is 8.24. The number of Topliss-reactive ketones (excluding diaryl/α,β-unsaturated/α-hetero) is 2. The van der Waals surface area contributed by atoms with Crippen LogP contribution in [0, 0.1) is 11.8 Å². The summed E-state index contributed by atoms with van der Waals surface area (Å²) in [5.74, 6) is -4.30. The van der Waals surface area contributed by atoms with Crippen molar-refractivity contribution < 1.29 is 29.3 Å². The summed E-state index contributed by atoms with van der Waals surface area (Å²) < 4.78 is 5.39. The molecule has 3 aliphatic carbocycles. The second-order valence-corrected chi connectivity index (χ2v) is 8.24. The van der Waals surface area contributed by atoms with E-state index in [1.807, 2.05) is 20.8 Å². The maximum atomic E-state index is 13.0. The maximum Gasteiger partial charge on any atom is 0.338 e. The normalized spacial score (nSPS) is 30.4. The number of ketones is 2. The Morgan fingerprint density at radius 2 is 1.87 bits per heavy atom. The van der Waals surface area contributed by atoms with E-state index in [4.69, 9.17) is 4.74 Å². The molecule has 4 aliphatic rings. The molecule has 8 heteroatoms. The fraction of sp³-hybridized carbons (Fsp3) is 0.435. The third-order valence-electron chi connectivity index (χ3n) is 6.18. The monoisotopic (exact) mass is 424 g/mol. The fourth-order valence-electron chi connectivity index (χ4n) is 4.35. The molecule has 4 rings (SSSR count). The van der Waals surface area contributed by atoms with Crippen LogP contribution in [0.5, 0.6) is 0 Å². The Labute approximate surface area is 179 Å². The average molecular weight is 424 g/mol. The van der Waals surface area contributed by atoms with E-state index in [0.29, 0.717) is 6.42 Å². The molecular formula is C23H24N2O6. The molecule has 0 aromatic rings. The Kier molecular flexibility index (Phi) is 5.24. The number of ether oxygens (including phenoxy) is 1. The number of esters is 1. The lowest BCUT2D eigenvalue weighted by Crippen LogP contribution is -2.42. The van der Waals surface area contributed by atoms with Crippen molar-refractivity contribution in [1.82, 2.24) is 0 Å². The zero-order valence-corrected chi connectivity index (χ0v) is 17.6. The van der Waals surface area contributed by atoms with Crippen molar-refractivity contribution in [3.8, 4) is 0 Å². The summed E-state index contributed by atoms with van der Waals surface area (Å²) in [6.45, 7) is 5.61. The predicted octanol–water partition coefficient (Wildman–Crippen LogP) is 2.52. The topological polar surface area (TPSA) is 126 Å². The minimum atomic E-state index is -1.14. The van der Waals surface area contributed by atoms with Crippen LogP contribution in [0.1, 0.15) is 33.6 Å². The SMILES string of the molecule is CC1=NC(C)C(COC(=O)C2=CC3C(=O)C4=CCCC(O)=C4C(=O)C3C(O)=C2)N=C1C. The highest BCUT2D eigenvalue weighted by Gasteiger charge is 2.48. The quantitative estimate of drug-likeness (QED) is 0.671. The van der Waals surface area contributed by atoms with Gasteiger partial charge in [-0.3, -0.25) is 19.6 Å². The Bertz CT molecular complexity index is 1070. The highest BCUT2D eigenvalue weighted by molar-refractivity contribution is 6.41. The molecule has 0 aromatic carbocycles. The molecule has 4 unspecified atom stereocenters. The van der Waals surface area contributed by atoms with Gasteiger partial charge in [0.15, 0.2) is 11.6 Å². The van der Waals surface area contributed by atoms with Gasteiger partial charge in [-0.15, -0.1) is 0 Å². The minimum absolute atomic E-state index is 0.00689. The molecule has 0 spiro atoms. The molecule has 1 fully saturated rings. The smallest absolute Gasteiger partial charge is 0.338 e. The Balaban J connectivity index is 1.54. The molecule has 0 radical (unpaired) electrons. The lowest BCUT2D eigenvalue weighted by Gasteiger charge is -2.34. The Morgan fingerprint density at radius 3 is 2.61 bits per heavy atom. The van der Waals surface area contributed by atoms with Crippen molar-refractivity contribution in [3.63, 3.8) is 0 Å². The van der Waals surface area contributed by atoms with E-state index in [-0.39, 0.29) is 53.3 Å². The lowest BCUT2D eigenvalue weighted by atomic mass is 9.67. The van der Waals surface area contributed by atoms with Crippen molar-refractivity contribution >= 4 is 29.0 Å². The van der Waals surface area contributed by atoms with E-state index < -0.39 is 29.4 Å². The molecule has 1 saturated carbocycles. The summed E-state index contributed by atoms with van der Waals surface area (Å²) >= 11 is 0. The Morgan fingerprint density at radius 1 is 1.16 bits per heavy atom. The van der Waals surface area contributed by atoms with Gasteiger partial charge in [0, 0.05) is 12.0 Å². The minimum Gasteiger partial charge on any atom is -0.512 e. The molecule has 0 saturated heterocycles. The molecule has 4 atom stereocenters. The summed E-state index contributed by atoms with van der Waals surface area (Å²) in [6.07, 6.45) is 4.88. The van der Waals surface area contributed by atoms with Crippen LogP contribution in [0.4, 0.5) is 0 Å². The number of aliphatic imine (C=N–C) groups is 2. The summed E-state index contributed by atoms with van der Waals surface area (Å²) in [6, 6.07) is -0.457. The van der Waals surface area contributed by atoms with Gasteiger partial charge in [-0.2, -0.15) is 0 Å². The zero-order valence-electron chi connectivity index (χ0n) is 17.6. The van der Waals surface area contributed by atoms with Gasteiger partial charge >= 0.3 is 5.97 Å². The number of aliphatic hydroxyl groups excluding tert-OH is 2. The number of nitrogens with zero attached hydrogens (tertiary/aromatic N) is 2. The molecule has 2 N–H and O–H groups in total. The number of aliphatic hydroxyl groups is 2. The summed E-state index contributed by atoms with van der Waals surface area (Å²) in [5, 5.41) is 20.6. The van der Waals surface area contributed by atoms with E-state index in [1.54, 1.807) is 6.08 Å². The molecule has 1 aliphatic heterocycles. The number of fused-ring (bicyclic) bond motifs is 2. The van der Waals surface area contributed by atoms with Crippen LogP contribution < -0.4 is 0 Å². The van der Waals surface area contributed by atoms with Crippen LogP contribution in [0.2, 0.25) is 0 Å². The molecule has 0 aromatic heterocycles. The molecule has 1 heterocycles. The van der Waals surface area contributed by atoms with Crippen LogP contribution in [-0.2, 0) is 19.1 Å². The van der Waals surface area contributed by atoms with Gasteiger partial charge in [-0.05, 0) is 33.3 Å². The van der Waals surface area contributed by atoms with Crippen LogP contribution in [0.3, 0.4) is 0 Å². The lowest BCUT2D eigenvalue weighted by molar-refractivity contribution is -0.139. The van der Waals surface area contributed by atoms with Crippen LogP contribution >= 0.6 is 0 Å². The fourth-order valence-corrected chi connectivity index (χ4v) is 4.35. The van der Waals surface area contributed by atoms with Gasteiger partial charge in [-0.1, -0.05) is 12.2 Å². The second kappa shape index (κ2) is 7.76. The van der Waals surface area contributed by atoms with Crippen LogP contribution in [-0.4, -0.2) is 57.9 Å². The molecule has 31 heavy (non-hydrogen) atoms. The summed E-state index contributed by atoms with van der Waals surface area (Å²) in [7, 11) is 0. The first-order chi connectivity index (χ1) is 14.7. The van der Waals surface area contributed by atoms with Gasteiger partial charge in [0.25, 0.3) is 0 Å². The Hall–Kier alpha value is -3.29. The van der Waals surface area contributed by atoms with Crippen LogP contribution in [0.15, 0.2) is 56.5 Å². The number of rotatable bonds is 3. The van der Waals surface area contributed by atoms with Crippen molar-refractivity contribution in [2.75, 3.05) is 6.61 Å². The van der Waals surface area contributed by atoms with Crippen molar-refractivity contribution in [1.29, 1.82) is 0 Å². The van der Waals surface area contributed by atoms with Crippen molar-refractivity contribution in [2.24, 2.45) is 21.8 Å². The van der Waals surface area contributed by atoms with Crippen molar-refractivity contribution in [2.45, 2.75) is 45.7 Å². The number of hydrogen-bond acceptors (Lipinski definition) is 8. The average Bonchev–Trinajstić information content (AvgIpc) is 2.72. The molecule has 8 nitrogen and oxygen atoms in total. The highest BCUT2D eigenvalue weighted by atomic mass is 16.5. The summed E-state index contributed by atoms with van der Waals surface area (Å²) in [4.78, 5) is 47.5. The van der Waals surface area contributed by atoms with E-state index in [2.05, 4.69) is 9.98 Å². The van der Waals surface area contributed by atoms with E-state index in [0.717, 1.165) is 17.5 Å².